The molecule has 0 aliphatic heterocycles. The molecule has 0 N–H and O–H groups in total. The van der Waals surface area contributed by atoms with Crippen LogP contribution in [0.15, 0.2) is 36.7 Å². The average Bonchev–Trinajstić information content (AvgIpc) is 3.23. The highest BCUT2D eigenvalue weighted by molar-refractivity contribution is 5.61. The minimum Gasteiger partial charge on any atom is -0.258 e. The molecule has 0 atom stereocenters. The largest absolute Gasteiger partial charge is 0.270 e. The van der Waals surface area contributed by atoms with Gasteiger partial charge < -0.3 is 0 Å². The molecule has 0 radical (unpaired) electrons. The van der Waals surface area contributed by atoms with Crippen LogP contribution in [0.4, 0.5) is 5.69 Å². The first kappa shape index (κ1) is 10.8. The van der Waals surface area contributed by atoms with Crippen molar-refractivity contribution in [2.75, 3.05) is 0 Å². The van der Waals surface area contributed by atoms with Crippen molar-refractivity contribution in [3.8, 4) is 11.4 Å². The smallest absolute Gasteiger partial charge is 0.258 e. The van der Waals surface area contributed by atoms with Gasteiger partial charge in [-0.25, -0.2) is 9.97 Å². The molecule has 1 aliphatic rings. The van der Waals surface area contributed by atoms with Crippen LogP contribution >= 0.6 is 0 Å². The lowest BCUT2D eigenvalue weighted by molar-refractivity contribution is -0.384. The van der Waals surface area contributed by atoms with Crippen LogP contribution in [0.5, 0.6) is 0 Å². The normalized spacial score (nSPS) is 14.4. The Morgan fingerprint density at radius 2 is 1.89 bits per heavy atom. The first-order valence-electron chi connectivity index (χ1n) is 5.81. The van der Waals surface area contributed by atoms with E-state index in [9.17, 15) is 10.1 Å². The highest BCUT2D eigenvalue weighted by Gasteiger charge is 2.26. The molecule has 90 valence electrons. The highest BCUT2D eigenvalue weighted by atomic mass is 16.6. The van der Waals surface area contributed by atoms with Crippen molar-refractivity contribution in [3.63, 3.8) is 0 Å². The lowest BCUT2D eigenvalue weighted by Gasteiger charge is -2.03. The van der Waals surface area contributed by atoms with Gasteiger partial charge in [0.1, 0.15) is 0 Å². The fourth-order valence-electron chi connectivity index (χ4n) is 1.97. The van der Waals surface area contributed by atoms with E-state index in [4.69, 9.17) is 0 Å². The molecular formula is C13H11N3O2. The average molecular weight is 241 g/mol. The number of nitrogens with zero attached hydrogens (tertiary/aromatic N) is 3. The molecular weight excluding hydrogens is 230 g/mol. The molecule has 1 aliphatic carbocycles. The van der Waals surface area contributed by atoms with E-state index in [-0.39, 0.29) is 10.6 Å². The highest BCUT2D eigenvalue weighted by Crippen LogP contribution is 2.42. The zero-order chi connectivity index (χ0) is 12.5. The summed E-state index contributed by atoms with van der Waals surface area (Å²) in [6.07, 6.45) is 5.49. The van der Waals surface area contributed by atoms with Crippen LogP contribution in [-0.4, -0.2) is 14.9 Å². The summed E-state index contributed by atoms with van der Waals surface area (Å²) < 4.78 is 0. The number of aromatic nitrogens is 2. The van der Waals surface area contributed by atoms with Gasteiger partial charge in [-0.1, -0.05) is 0 Å². The van der Waals surface area contributed by atoms with Crippen LogP contribution in [0.2, 0.25) is 0 Å². The van der Waals surface area contributed by atoms with E-state index in [1.54, 1.807) is 24.5 Å². The van der Waals surface area contributed by atoms with Gasteiger partial charge in [0.25, 0.3) is 5.69 Å². The van der Waals surface area contributed by atoms with Crippen molar-refractivity contribution in [1.82, 2.24) is 9.97 Å². The maximum atomic E-state index is 10.9. The summed E-state index contributed by atoms with van der Waals surface area (Å²) in [5.41, 5.74) is 1.85. The van der Waals surface area contributed by atoms with Crippen LogP contribution < -0.4 is 0 Å². The predicted octanol–water partition coefficient (Wildman–Crippen LogP) is 2.93. The Morgan fingerprint density at radius 1 is 1.17 bits per heavy atom. The Hall–Kier alpha value is -2.30. The summed E-state index contributed by atoms with van der Waals surface area (Å²) >= 11 is 0. The third-order valence-corrected chi connectivity index (χ3v) is 3.02. The van der Waals surface area contributed by atoms with E-state index in [1.165, 1.54) is 6.07 Å². The molecule has 5 heteroatoms. The van der Waals surface area contributed by atoms with Gasteiger partial charge in [-0.3, -0.25) is 10.1 Å². The second-order valence-corrected chi connectivity index (χ2v) is 4.42. The Morgan fingerprint density at radius 3 is 2.50 bits per heavy atom. The van der Waals surface area contributed by atoms with Crippen LogP contribution in [0.3, 0.4) is 0 Å². The number of non-ortho nitro benzene ring substituents is 1. The quantitative estimate of drug-likeness (QED) is 0.612. The monoisotopic (exact) mass is 241 g/mol. The second-order valence-electron chi connectivity index (χ2n) is 4.42. The van der Waals surface area contributed by atoms with Crippen molar-refractivity contribution in [2.24, 2.45) is 0 Å². The van der Waals surface area contributed by atoms with Crippen LogP contribution in [0.1, 0.15) is 24.3 Å². The molecule has 0 amide bonds. The summed E-state index contributed by atoms with van der Waals surface area (Å²) in [6.45, 7) is 0. The van der Waals surface area contributed by atoms with E-state index in [0.29, 0.717) is 17.3 Å². The number of hydrogen-bond donors (Lipinski definition) is 0. The molecule has 0 bridgehead atoms. The molecule has 1 fully saturated rings. The van der Waals surface area contributed by atoms with Crippen LogP contribution in [0.25, 0.3) is 11.4 Å². The van der Waals surface area contributed by atoms with Gasteiger partial charge in [0.05, 0.1) is 4.92 Å². The van der Waals surface area contributed by atoms with Crippen LogP contribution in [0, 0.1) is 10.1 Å². The molecule has 2 aromatic rings. The van der Waals surface area contributed by atoms with Crippen molar-refractivity contribution in [3.05, 3.63) is 52.3 Å². The number of hydrogen-bond acceptors (Lipinski definition) is 4. The zero-order valence-corrected chi connectivity index (χ0v) is 9.61. The lowest BCUT2D eigenvalue weighted by Crippen LogP contribution is -1.94. The number of nitro benzene ring substituents is 1. The fraction of sp³-hybridized carbons (Fsp3) is 0.231. The van der Waals surface area contributed by atoms with Crippen molar-refractivity contribution in [2.45, 2.75) is 18.8 Å². The van der Waals surface area contributed by atoms with Gasteiger partial charge in [-0.05, 0) is 36.5 Å². The summed E-state index contributed by atoms with van der Waals surface area (Å²) in [5.74, 6) is 0.996. The molecule has 1 saturated carbocycles. The number of benzene rings is 1. The maximum Gasteiger partial charge on any atom is 0.270 e. The molecule has 0 saturated heterocycles. The number of nitro groups is 1. The Labute approximate surface area is 104 Å². The van der Waals surface area contributed by atoms with E-state index in [2.05, 4.69) is 9.97 Å². The Balaban J connectivity index is 2.11. The van der Waals surface area contributed by atoms with Gasteiger partial charge in [0, 0.05) is 30.1 Å². The van der Waals surface area contributed by atoms with Gasteiger partial charge >= 0.3 is 0 Å². The summed E-state index contributed by atoms with van der Waals surface area (Å²) in [7, 11) is 0. The number of rotatable bonds is 3. The molecule has 3 rings (SSSR count). The van der Waals surface area contributed by atoms with Gasteiger partial charge in [0.15, 0.2) is 5.82 Å². The van der Waals surface area contributed by atoms with Gasteiger partial charge in [0.2, 0.25) is 0 Å². The summed E-state index contributed by atoms with van der Waals surface area (Å²) in [4.78, 5) is 18.9. The van der Waals surface area contributed by atoms with E-state index < -0.39 is 0 Å². The Bertz CT molecular complexity index is 594. The van der Waals surface area contributed by atoms with E-state index >= 15 is 0 Å². The SMILES string of the molecule is O=[N+]([O-])c1cc(-c2ncccn2)cc(C2CC2)c1. The Kier molecular flexibility index (Phi) is 2.51. The molecule has 18 heavy (non-hydrogen) atoms. The summed E-state index contributed by atoms with van der Waals surface area (Å²) in [5, 5.41) is 10.9. The first-order chi connectivity index (χ1) is 8.74. The third-order valence-electron chi connectivity index (χ3n) is 3.02. The predicted molar refractivity (Wildman–Crippen MR) is 66.1 cm³/mol. The fourth-order valence-corrected chi connectivity index (χ4v) is 1.97. The standard InChI is InChI=1S/C13H11N3O2/c17-16(18)12-7-10(9-2-3-9)6-11(8-12)13-14-4-1-5-15-13/h1,4-9H,2-3H2. The molecule has 1 aromatic carbocycles. The molecule has 0 spiro atoms. The van der Waals surface area contributed by atoms with Gasteiger partial charge in [-0.2, -0.15) is 0 Å². The minimum absolute atomic E-state index is 0.113. The van der Waals surface area contributed by atoms with E-state index in [1.807, 2.05) is 6.07 Å². The molecule has 0 unspecified atom stereocenters. The summed E-state index contributed by atoms with van der Waals surface area (Å²) in [6, 6.07) is 6.87. The lowest BCUT2D eigenvalue weighted by atomic mass is 10.1. The third kappa shape index (κ3) is 2.07. The minimum atomic E-state index is -0.363. The molecule has 1 aromatic heterocycles. The van der Waals surface area contributed by atoms with E-state index in [0.717, 1.165) is 18.4 Å². The molecule has 1 heterocycles. The van der Waals surface area contributed by atoms with Gasteiger partial charge in [-0.15, -0.1) is 0 Å². The van der Waals surface area contributed by atoms with Crippen molar-refractivity contribution < 1.29 is 4.92 Å². The van der Waals surface area contributed by atoms with Crippen molar-refractivity contribution in [1.29, 1.82) is 0 Å². The first-order valence-corrected chi connectivity index (χ1v) is 5.81. The second kappa shape index (κ2) is 4.18. The van der Waals surface area contributed by atoms with Crippen molar-refractivity contribution >= 4 is 5.69 Å². The molecule has 5 nitrogen and oxygen atoms in total. The maximum absolute atomic E-state index is 10.9. The van der Waals surface area contributed by atoms with Crippen LogP contribution in [-0.2, 0) is 0 Å². The zero-order valence-electron chi connectivity index (χ0n) is 9.61. The topological polar surface area (TPSA) is 68.9 Å².